The first kappa shape index (κ1) is 8.75. The second-order valence-electron chi connectivity index (χ2n) is 3.93. The van der Waals surface area contributed by atoms with Gasteiger partial charge in [0.2, 0.25) is 0 Å². The van der Waals surface area contributed by atoms with E-state index >= 15 is 0 Å². The molecule has 0 aliphatic heterocycles. The number of hydrogen-bond donors (Lipinski definition) is 1. The average molecular weight is 179 g/mol. The summed E-state index contributed by atoms with van der Waals surface area (Å²) in [6.07, 6.45) is 4.87. The fraction of sp³-hybridized carbons (Fsp3) is 0.700. The number of nitrogens with two attached hydrogens (primary N) is 1. The van der Waals surface area contributed by atoms with E-state index in [1.807, 2.05) is 18.7 Å². The largest absolute Gasteiger partial charge is 0.323 e. The zero-order chi connectivity index (χ0) is 9.42. The molecule has 0 aromatic carbocycles. The Morgan fingerprint density at radius 3 is 2.77 bits per heavy atom. The molecule has 0 spiro atoms. The van der Waals surface area contributed by atoms with Crippen LogP contribution in [0, 0.1) is 0 Å². The van der Waals surface area contributed by atoms with Gasteiger partial charge in [-0.05, 0) is 38.2 Å². The molecular formula is C10H17N3. The minimum absolute atomic E-state index is 0.111. The molecule has 0 saturated heterocycles. The number of nitrogens with zero attached hydrogens (tertiary/aromatic N) is 2. The maximum absolute atomic E-state index is 5.92. The van der Waals surface area contributed by atoms with E-state index in [-0.39, 0.29) is 6.04 Å². The molecule has 0 bridgehead atoms. The first-order chi connectivity index (χ1) is 6.20. The molecule has 72 valence electrons. The molecule has 1 atom stereocenters. The van der Waals surface area contributed by atoms with Crippen molar-refractivity contribution in [3.05, 3.63) is 17.0 Å². The third-order valence-electron chi connectivity index (χ3n) is 2.80. The summed E-state index contributed by atoms with van der Waals surface area (Å²) in [6, 6.07) is 0.111. The Hall–Kier alpha value is -0.830. The zero-order valence-corrected chi connectivity index (χ0v) is 8.38. The molecule has 0 amide bonds. The Labute approximate surface area is 78.9 Å². The van der Waals surface area contributed by atoms with Crippen LogP contribution < -0.4 is 5.73 Å². The van der Waals surface area contributed by atoms with Gasteiger partial charge in [0.15, 0.2) is 0 Å². The number of aryl methyl sites for hydroxylation is 2. The van der Waals surface area contributed by atoms with E-state index in [0.29, 0.717) is 0 Å². The third kappa shape index (κ3) is 1.37. The number of aromatic nitrogens is 2. The Kier molecular flexibility index (Phi) is 2.12. The molecule has 1 aliphatic carbocycles. The first-order valence-electron chi connectivity index (χ1n) is 5.00. The van der Waals surface area contributed by atoms with Gasteiger partial charge < -0.3 is 5.73 Å². The lowest BCUT2D eigenvalue weighted by Crippen LogP contribution is -2.13. The van der Waals surface area contributed by atoms with Crippen LogP contribution in [0.25, 0.3) is 0 Å². The Bertz CT molecular complexity index is 312. The summed E-state index contributed by atoms with van der Waals surface area (Å²) in [7, 11) is 2.00. The van der Waals surface area contributed by atoms with Gasteiger partial charge in [-0.25, -0.2) is 0 Å². The van der Waals surface area contributed by atoms with E-state index in [2.05, 4.69) is 5.10 Å². The van der Waals surface area contributed by atoms with Crippen LogP contribution in [0.15, 0.2) is 0 Å². The first-order valence-corrected chi connectivity index (χ1v) is 5.00. The fourth-order valence-corrected chi connectivity index (χ4v) is 2.28. The minimum atomic E-state index is 0.111. The summed E-state index contributed by atoms with van der Waals surface area (Å²) in [4.78, 5) is 0. The molecule has 1 aromatic rings. The third-order valence-corrected chi connectivity index (χ3v) is 2.80. The van der Waals surface area contributed by atoms with Crippen LogP contribution in [0.4, 0.5) is 0 Å². The molecule has 1 aliphatic rings. The topological polar surface area (TPSA) is 43.8 Å². The van der Waals surface area contributed by atoms with Crippen molar-refractivity contribution in [2.45, 2.75) is 38.6 Å². The highest BCUT2D eigenvalue weighted by atomic mass is 15.3. The molecule has 0 radical (unpaired) electrons. The Morgan fingerprint density at radius 2 is 2.08 bits per heavy atom. The Morgan fingerprint density at radius 1 is 1.38 bits per heavy atom. The summed E-state index contributed by atoms with van der Waals surface area (Å²) in [5.41, 5.74) is 9.85. The monoisotopic (exact) mass is 179 g/mol. The molecule has 13 heavy (non-hydrogen) atoms. The molecular weight excluding hydrogens is 162 g/mol. The molecule has 2 N–H and O–H groups in total. The molecule has 0 fully saturated rings. The molecule has 1 heterocycles. The number of fused-ring (bicyclic) bond motifs is 1. The lowest BCUT2D eigenvalue weighted by Gasteiger charge is -2.13. The van der Waals surface area contributed by atoms with Crippen molar-refractivity contribution in [3.63, 3.8) is 0 Å². The van der Waals surface area contributed by atoms with Crippen LogP contribution in [0.3, 0.4) is 0 Å². The van der Waals surface area contributed by atoms with Crippen molar-refractivity contribution in [2.24, 2.45) is 12.8 Å². The van der Waals surface area contributed by atoms with Crippen molar-refractivity contribution in [1.82, 2.24) is 9.78 Å². The predicted octanol–water partition coefficient (Wildman–Crippen LogP) is 1.32. The van der Waals surface area contributed by atoms with Gasteiger partial charge in [-0.2, -0.15) is 5.10 Å². The average Bonchev–Trinajstić information content (AvgIpc) is 2.39. The van der Waals surface area contributed by atoms with Gasteiger partial charge in [0.05, 0.1) is 11.4 Å². The highest BCUT2D eigenvalue weighted by Gasteiger charge is 2.20. The molecule has 3 nitrogen and oxygen atoms in total. The fourth-order valence-electron chi connectivity index (χ4n) is 2.28. The maximum atomic E-state index is 5.92. The van der Waals surface area contributed by atoms with Crippen molar-refractivity contribution in [2.75, 3.05) is 0 Å². The highest BCUT2D eigenvalue weighted by Crippen LogP contribution is 2.26. The summed E-state index contributed by atoms with van der Waals surface area (Å²) in [5.74, 6) is 0. The predicted molar refractivity (Wildman–Crippen MR) is 52.5 cm³/mol. The normalized spacial score (nSPS) is 18.4. The van der Waals surface area contributed by atoms with Crippen LogP contribution in [0.5, 0.6) is 0 Å². The second kappa shape index (κ2) is 3.14. The van der Waals surface area contributed by atoms with Gasteiger partial charge in [-0.3, -0.25) is 4.68 Å². The standard InChI is InChI=1S/C10H17N3/c1-7(11)10-8-5-3-4-6-9(8)12-13(10)2/h7H,3-6,11H2,1-2H3. The van der Waals surface area contributed by atoms with Gasteiger partial charge >= 0.3 is 0 Å². The van der Waals surface area contributed by atoms with Crippen LogP contribution >= 0.6 is 0 Å². The molecule has 0 saturated carbocycles. The van der Waals surface area contributed by atoms with Gasteiger partial charge in [0.1, 0.15) is 0 Å². The summed E-state index contributed by atoms with van der Waals surface area (Å²) < 4.78 is 1.96. The van der Waals surface area contributed by atoms with Crippen molar-refractivity contribution in [3.8, 4) is 0 Å². The van der Waals surface area contributed by atoms with Crippen molar-refractivity contribution in [1.29, 1.82) is 0 Å². The van der Waals surface area contributed by atoms with Crippen molar-refractivity contribution >= 4 is 0 Å². The zero-order valence-electron chi connectivity index (χ0n) is 8.38. The van der Waals surface area contributed by atoms with Crippen LogP contribution in [0.2, 0.25) is 0 Å². The molecule has 1 unspecified atom stereocenters. The SMILES string of the molecule is CC(N)c1c2c(nn1C)CCCC2. The second-order valence-corrected chi connectivity index (χ2v) is 3.93. The number of hydrogen-bond acceptors (Lipinski definition) is 2. The summed E-state index contributed by atoms with van der Waals surface area (Å²) >= 11 is 0. The van der Waals surface area contributed by atoms with Crippen LogP contribution in [-0.4, -0.2) is 9.78 Å². The van der Waals surface area contributed by atoms with Gasteiger partial charge in [-0.15, -0.1) is 0 Å². The van der Waals surface area contributed by atoms with E-state index in [0.717, 1.165) is 6.42 Å². The smallest absolute Gasteiger partial charge is 0.0659 e. The molecule has 3 heteroatoms. The van der Waals surface area contributed by atoms with Gasteiger partial charge in [0, 0.05) is 13.1 Å². The van der Waals surface area contributed by atoms with E-state index in [9.17, 15) is 0 Å². The number of rotatable bonds is 1. The Balaban J connectivity index is 2.48. The van der Waals surface area contributed by atoms with Crippen LogP contribution in [-0.2, 0) is 19.9 Å². The maximum Gasteiger partial charge on any atom is 0.0659 e. The van der Waals surface area contributed by atoms with E-state index in [4.69, 9.17) is 5.73 Å². The van der Waals surface area contributed by atoms with E-state index in [1.165, 1.54) is 36.2 Å². The lowest BCUT2D eigenvalue weighted by atomic mass is 9.94. The molecule has 2 rings (SSSR count). The lowest BCUT2D eigenvalue weighted by molar-refractivity contribution is 0.647. The quantitative estimate of drug-likeness (QED) is 0.706. The van der Waals surface area contributed by atoms with Gasteiger partial charge in [-0.1, -0.05) is 0 Å². The van der Waals surface area contributed by atoms with E-state index in [1.54, 1.807) is 0 Å². The molecule has 1 aromatic heterocycles. The van der Waals surface area contributed by atoms with E-state index < -0.39 is 0 Å². The summed E-state index contributed by atoms with van der Waals surface area (Å²) in [6.45, 7) is 2.03. The highest BCUT2D eigenvalue weighted by molar-refractivity contribution is 5.30. The minimum Gasteiger partial charge on any atom is -0.323 e. The summed E-state index contributed by atoms with van der Waals surface area (Å²) in [5, 5.41) is 4.51. The van der Waals surface area contributed by atoms with Crippen molar-refractivity contribution < 1.29 is 0 Å². The van der Waals surface area contributed by atoms with Gasteiger partial charge in [0.25, 0.3) is 0 Å². The van der Waals surface area contributed by atoms with Crippen LogP contribution in [0.1, 0.15) is 42.8 Å².